The first-order chi connectivity index (χ1) is 10.0. The Balaban J connectivity index is 2.01. The summed E-state index contributed by atoms with van der Waals surface area (Å²) in [6.45, 7) is 1.78. The van der Waals surface area contributed by atoms with Crippen LogP contribution in [0.5, 0.6) is 5.75 Å². The molecule has 0 spiro atoms. The fourth-order valence-electron chi connectivity index (χ4n) is 1.97. The maximum Gasteiger partial charge on any atom is 0.258 e. The summed E-state index contributed by atoms with van der Waals surface area (Å²) in [4.78, 5) is 4.30. The number of nitrogens with zero attached hydrogens (tertiary/aromatic N) is 2. The van der Waals surface area contributed by atoms with Crippen molar-refractivity contribution in [2.75, 3.05) is 0 Å². The number of aromatic nitrogens is 2. The van der Waals surface area contributed by atoms with E-state index in [4.69, 9.17) is 4.52 Å². The Morgan fingerprint density at radius 1 is 1.19 bits per heavy atom. The number of halogens is 2. The smallest absolute Gasteiger partial charge is 0.258 e. The minimum atomic E-state index is -0.303. The second-order valence-electron chi connectivity index (χ2n) is 4.55. The van der Waals surface area contributed by atoms with Gasteiger partial charge in [-0.05, 0) is 71.5 Å². The van der Waals surface area contributed by atoms with Gasteiger partial charge in [-0.1, -0.05) is 5.16 Å². The number of hydrogen-bond donors (Lipinski definition) is 1. The van der Waals surface area contributed by atoms with Crippen molar-refractivity contribution in [1.82, 2.24) is 10.1 Å². The van der Waals surface area contributed by atoms with Gasteiger partial charge < -0.3 is 9.63 Å². The van der Waals surface area contributed by atoms with E-state index in [1.807, 2.05) is 22.6 Å². The molecule has 0 aliphatic rings. The largest absolute Gasteiger partial charge is 0.507 e. The van der Waals surface area contributed by atoms with E-state index in [1.165, 1.54) is 12.1 Å². The van der Waals surface area contributed by atoms with Crippen LogP contribution < -0.4 is 0 Å². The third-order valence-corrected chi connectivity index (χ3v) is 3.96. The Kier molecular flexibility index (Phi) is 3.62. The summed E-state index contributed by atoms with van der Waals surface area (Å²) in [5.41, 5.74) is 2.07. The van der Waals surface area contributed by atoms with Crippen LogP contribution in [0.25, 0.3) is 22.8 Å². The maximum absolute atomic E-state index is 13.1. The molecule has 21 heavy (non-hydrogen) atoms. The van der Waals surface area contributed by atoms with Crippen LogP contribution in [0.1, 0.15) is 5.56 Å². The molecule has 6 heteroatoms. The fourth-order valence-corrected chi connectivity index (χ4v) is 2.31. The van der Waals surface area contributed by atoms with Crippen LogP contribution in [0.15, 0.2) is 40.9 Å². The lowest BCUT2D eigenvalue weighted by Crippen LogP contribution is -1.87. The molecule has 0 fully saturated rings. The number of benzene rings is 2. The average Bonchev–Trinajstić information content (AvgIpc) is 2.91. The maximum atomic E-state index is 13.1. The lowest BCUT2D eigenvalue weighted by atomic mass is 10.1. The van der Waals surface area contributed by atoms with Crippen LogP contribution in [0.2, 0.25) is 0 Å². The van der Waals surface area contributed by atoms with Crippen LogP contribution in [0, 0.1) is 16.3 Å². The zero-order valence-electron chi connectivity index (χ0n) is 11.0. The van der Waals surface area contributed by atoms with Gasteiger partial charge in [0.15, 0.2) is 0 Å². The standard InChI is InChI=1S/C15H10FIN2O2/c1-8-6-10(16)3-4-11(8)14-18-15(21-19-14)9-2-5-12(17)13(20)7-9/h2-7,20H,1H3. The molecule has 0 unspecified atom stereocenters. The minimum absolute atomic E-state index is 0.158. The lowest BCUT2D eigenvalue weighted by Gasteiger charge is -2.00. The molecule has 2 aromatic carbocycles. The highest BCUT2D eigenvalue weighted by Crippen LogP contribution is 2.28. The van der Waals surface area contributed by atoms with Crippen molar-refractivity contribution >= 4 is 22.6 Å². The molecule has 0 aliphatic heterocycles. The van der Waals surface area contributed by atoms with E-state index in [1.54, 1.807) is 31.2 Å². The highest BCUT2D eigenvalue weighted by Gasteiger charge is 2.13. The van der Waals surface area contributed by atoms with Gasteiger partial charge in [-0.2, -0.15) is 4.98 Å². The van der Waals surface area contributed by atoms with Gasteiger partial charge in [0.2, 0.25) is 5.82 Å². The Hall–Kier alpha value is -1.96. The molecule has 106 valence electrons. The molecule has 1 aromatic heterocycles. The number of phenolic OH excluding ortho intramolecular Hbond substituents is 1. The van der Waals surface area contributed by atoms with Gasteiger partial charge in [-0.15, -0.1) is 0 Å². The SMILES string of the molecule is Cc1cc(F)ccc1-c1noc(-c2ccc(I)c(O)c2)n1. The summed E-state index contributed by atoms with van der Waals surface area (Å²) in [5.74, 6) is 0.550. The van der Waals surface area contributed by atoms with Crippen molar-refractivity contribution in [2.24, 2.45) is 0 Å². The van der Waals surface area contributed by atoms with E-state index < -0.39 is 0 Å². The summed E-state index contributed by atoms with van der Waals surface area (Å²) in [7, 11) is 0. The third-order valence-electron chi connectivity index (χ3n) is 3.05. The van der Waals surface area contributed by atoms with Crippen molar-refractivity contribution in [1.29, 1.82) is 0 Å². The molecule has 0 bridgehead atoms. The van der Waals surface area contributed by atoms with Crippen LogP contribution in [0.3, 0.4) is 0 Å². The van der Waals surface area contributed by atoms with Gasteiger partial charge in [-0.25, -0.2) is 4.39 Å². The summed E-state index contributed by atoms with van der Waals surface area (Å²) >= 11 is 2.03. The van der Waals surface area contributed by atoms with Crippen molar-refractivity contribution < 1.29 is 14.0 Å². The van der Waals surface area contributed by atoms with Crippen LogP contribution in [0.4, 0.5) is 4.39 Å². The van der Waals surface area contributed by atoms with Crippen molar-refractivity contribution in [2.45, 2.75) is 6.92 Å². The predicted octanol–water partition coefficient (Wildman–Crippen LogP) is 4.16. The second kappa shape index (κ2) is 5.44. The molecule has 0 saturated heterocycles. The van der Waals surface area contributed by atoms with E-state index in [2.05, 4.69) is 10.1 Å². The first kappa shape index (κ1) is 14.0. The van der Waals surface area contributed by atoms with Gasteiger partial charge in [0.1, 0.15) is 11.6 Å². The summed E-state index contributed by atoms with van der Waals surface area (Å²) in [6.07, 6.45) is 0. The van der Waals surface area contributed by atoms with E-state index in [0.29, 0.717) is 22.8 Å². The highest BCUT2D eigenvalue weighted by molar-refractivity contribution is 14.1. The molecule has 0 aliphatic carbocycles. The Bertz CT molecular complexity index is 817. The van der Waals surface area contributed by atoms with Crippen LogP contribution in [-0.4, -0.2) is 15.2 Å². The molecular formula is C15H10FIN2O2. The summed E-state index contributed by atoms with van der Waals surface area (Å²) < 4.78 is 19.1. The molecule has 3 aromatic rings. The fraction of sp³-hybridized carbons (Fsp3) is 0.0667. The number of aromatic hydroxyl groups is 1. The highest BCUT2D eigenvalue weighted by atomic mass is 127. The summed E-state index contributed by atoms with van der Waals surface area (Å²) in [5, 5.41) is 13.6. The number of phenols is 1. The predicted molar refractivity (Wildman–Crippen MR) is 84.2 cm³/mol. The van der Waals surface area contributed by atoms with E-state index in [-0.39, 0.29) is 11.6 Å². The van der Waals surface area contributed by atoms with Crippen molar-refractivity contribution in [3.63, 3.8) is 0 Å². The number of rotatable bonds is 2. The lowest BCUT2D eigenvalue weighted by molar-refractivity contribution is 0.431. The van der Waals surface area contributed by atoms with Crippen LogP contribution in [-0.2, 0) is 0 Å². The number of hydrogen-bond acceptors (Lipinski definition) is 4. The van der Waals surface area contributed by atoms with E-state index in [9.17, 15) is 9.50 Å². The van der Waals surface area contributed by atoms with Gasteiger partial charge >= 0.3 is 0 Å². The van der Waals surface area contributed by atoms with E-state index in [0.717, 1.165) is 9.13 Å². The first-order valence-electron chi connectivity index (χ1n) is 6.14. The van der Waals surface area contributed by atoms with E-state index >= 15 is 0 Å². The van der Waals surface area contributed by atoms with Crippen molar-refractivity contribution in [3.05, 3.63) is 51.3 Å². The molecule has 0 amide bonds. The quantitative estimate of drug-likeness (QED) is 0.661. The molecule has 0 atom stereocenters. The number of aryl methyl sites for hydroxylation is 1. The molecule has 4 nitrogen and oxygen atoms in total. The molecule has 3 rings (SSSR count). The van der Waals surface area contributed by atoms with Crippen LogP contribution >= 0.6 is 22.6 Å². The molecule has 0 saturated carbocycles. The Labute approximate surface area is 133 Å². The minimum Gasteiger partial charge on any atom is -0.507 e. The molecule has 1 N–H and O–H groups in total. The third kappa shape index (κ3) is 2.76. The van der Waals surface area contributed by atoms with Gasteiger partial charge in [-0.3, -0.25) is 0 Å². The zero-order chi connectivity index (χ0) is 15.0. The topological polar surface area (TPSA) is 59.2 Å². The zero-order valence-corrected chi connectivity index (χ0v) is 13.1. The second-order valence-corrected chi connectivity index (χ2v) is 5.71. The average molecular weight is 396 g/mol. The monoisotopic (exact) mass is 396 g/mol. The van der Waals surface area contributed by atoms with Gasteiger partial charge in [0, 0.05) is 11.1 Å². The van der Waals surface area contributed by atoms with Gasteiger partial charge in [0.25, 0.3) is 5.89 Å². The molecular weight excluding hydrogens is 386 g/mol. The van der Waals surface area contributed by atoms with Crippen molar-refractivity contribution in [3.8, 4) is 28.6 Å². The molecule has 0 radical (unpaired) electrons. The first-order valence-corrected chi connectivity index (χ1v) is 7.21. The summed E-state index contributed by atoms with van der Waals surface area (Å²) in [6, 6.07) is 9.51. The molecule has 1 heterocycles. The normalized spacial score (nSPS) is 10.8. The Morgan fingerprint density at radius 2 is 2.00 bits per heavy atom. The Morgan fingerprint density at radius 3 is 2.71 bits per heavy atom. The van der Waals surface area contributed by atoms with Gasteiger partial charge in [0.05, 0.1) is 3.57 Å².